The molecule has 0 bridgehead atoms. The summed E-state index contributed by atoms with van der Waals surface area (Å²) < 4.78 is 5.25. The van der Waals surface area contributed by atoms with Gasteiger partial charge in [-0.05, 0) is 56.4 Å². The summed E-state index contributed by atoms with van der Waals surface area (Å²) in [4.78, 5) is 12.5. The molecule has 0 unspecified atom stereocenters. The number of anilines is 1. The zero-order valence-electron chi connectivity index (χ0n) is 15.6. The van der Waals surface area contributed by atoms with E-state index >= 15 is 0 Å². The molecule has 0 amide bonds. The van der Waals surface area contributed by atoms with Gasteiger partial charge in [0, 0.05) is 11.4 Å². The van der Waals surface area contributed by atoms with Crippen LogP contribution in [0.4, 0.5) is 5.69 Å². The highest BCUT2D eigenvalue weighted by Gasteiger charge is 2.18. The van der Waals surface area contributed by atoms with Gasteiger partial charge in [-0.25, -0.2) is 4.79 Å². The number of rotatable bonds is 9. The summed E-state index contributed by atoms with van der Waals surface area (Å²) in [5, 5.41) is 3.29. The van der Waals surface area contributed by atoms with Crippen LogP contribution >= 0.6 is 0 Å². The second-order valence-corrected chi connectivity index (χ2v) is 6.15. The number of benzene rings is 2. The van der Waals surface area contributed by atoms with E-state index in [1.54, 1.807) is 0 Å². The number of carbonyl (C=O) groups is 1. The molecule has 136 valence electrons. The summed E-state index contributed by atoms with van der Waals surface area (Å²) in [5.74, 6) is -0.321. The molecule has 0 aliphatic heterocycles. The molecule has 2 aromatic rings. The quantitative estimate of drug-likeness (QED) is 0.368. The van der Waals surface area contributed by atoms with Crippen molar-refractivity contribution >= 4 is 11.7 Å². The van der Waals surface area contributed by atoms with Crippen LogP contribution in [0.15, 0.2) is 84.1 Å². The molecule has 0 atom stereocenters. The second kappa shape index (κ2) is 10.2. The summed E-state index contributed by atoms with van der Waals surface area (Å²) in [7, 11) is 0. The van der Waals surface area contributed by atoms with Crippen LogP contribution in [0.25, 0.3) is 0 Å². The number of allylic oxidation sites excluding steroid dienone is 1. The Morgan fingerprint density at radius 3 is 2.27 bits per heavy atom. The van der Waals surface area contributed by atoms with Gasteiger partial charge in [0.15, 0.2) is 0 Å². The zero-order chi connectivity index (χ0) is 18.8. The highest BCUT2D eigenvalue weighted by Crippen LogP contribution is 2.22. The largest absolute Gasteiger partial charge is 0.462 e. The van der Waals surface area contributed by atoms with Gasteiger partial charge in [0.2, 0.25) is 0 Å². The maximum absolute atomic E-state index is 12.5. The molecule has 0 fully saturated rings. The maximum atomic E-state index is 12.5. The van der Waals surface area contributed by atoms with E-state index in [1.807, 2.05) is 62.4 Å². The lowest BCUT2D eigenvalue weighted by atomic mass is 9.98. The minimum Gasteiger partial charge on any atom is -0.462 e. The first-order chi connectivity index (χ1) is 12.6. The van der Waals surface area contributed by atoms with Crippen LogP contribution in [0.5, 0.6) is 0 Å². The van der Waals surface area contributed by atoms with Crippen LogP contribution in [0, 0.1) is 0 Å². The number of nitrogens with one attached hydrogen (secondary N) is 1. The molecule has 0 saturated heterocycles. The molecule has 2 aromatic carbocycles. The van der Waals surface area contributed by atoms with Gasteiger partial charge in [0.05, 0.1) is 12.2 Å². The molecule has 3 nitrogen and oxygen atoms in total. The summed E-state index contributed by atoms with van der Waals surface area (Å²) in [6.45, 7) is 8.20. The van der Waals surface area contributed by atoms with Crippen molar-refractivity contribution in [2.45, 2.75) is 33.1 Å². The van der Waals surface area contributed by atoms with Gasteiger partial charge in [0.25, 0.3) is 0 Å². The Balaban J connectivity index is 2.08. The Morgan fingerprint density at radius 1 is 1.04 bits per heavy atom. The molecular weight excluding hydrogens is 322 g/mol. The number of carbonyl (C=O) groups excluding carboxylic acids is 1. The van der Waals surface area contributed by atoms with Crippen LogP contribution in [-0.4, -0.2) is 12.6 Å². The van der Waals surface area contributed by atoms with Crippen LogP contribution in [-0.2, 0) is 16.0 Å². The molecule has 0 aliphatic rings. The van der Waals surface area contributed by atoms with E-state index < -0.39 is 0 Å². The Morgan fingerprint density at radius 2 is 1.65 bits per heavy atom. The van der Waals surface area contributed by atoms with E-state index in [4.69, 9.17) is 4.74 Å². The van der Waals surface area contributed by atoms with Crippen LogP contribution in [0.1, 0.15) is 32.3 Å². The third-order valence-electron chi connectivity index (χ3n) is 4.10. The van der Waals surface area contributed by atoms with Crippen molar-refractivity contribution in [3.05, 3.63) is 89.6 Å². The molecule has 26 heavy (non-hydrogen) atoms. The van der Waals surface area contributed by atoms with E-state index in [0.29, 0.717) is 12.2 Å². The Hall–Kier alpha value is -2.81. The predicted octanol–water partition coefficient (Wildman–Crippen LogP) is 5.51. The van der Waals surface area contributed by atoms with Gasteiger partial charge < -0.3 is 10.1 Å². The third kappa shape index (κ3) is 5.92. The summed E-state index contributed by atoms with van der Waals surface area (Å²) in [6, 6.07) is 20.1. The lowest BCUT2D eigenvalue weighted by Crippen LogP contribution is -2.14. The number of esters is 1. The second-order valence-electron chi connectivity index (χ2n) is 6.15. The van der Waals surface area contributed by atoms with Crippen molar-refractivity contribution in [3.8, 4) is 0 Å². The standard InChI is InChI=1S/C23H27NO2/c1-4-26-23(25)22(19(3)24-21-16-9-6-10-17-21)18(2)12-11-15-20-13-7-5-8-14-20/h5-10,13-14,16-17,24H,2,4,11-12,15H2,1,3H3/b22-19-. The number of para-hydroxylation sites is 1. The molecule has 0 saturated carbocycles. The molecule has 1 N–H and O–H groups in total. The number of hydrogen-bond donors (Lipinski definition) is 1. The number of ether oxygens (including phenoxy) is 1. The third-order valence-corrected chi connectivity index (χ3v) is 4.10. The van der Waals surface area contributed by atoms with Crippen LogP contribution in [0.3, 0.4) is 0 Å². The van der Waals surface area contributed by atoms with Gasteiger partial charge in [-0.2, -0.15) is 0 Å². The van der Waals surface area contributed by atoms with E-state index in [2.05, 4.69) is 24.0 Å². The van der Waals surface area contributed by atoms with E-state index in [0.717, 1.165) is 36.2 Å². The lowest BCUT2D eigenvalue weighted by molar-refractivity contribution is -0.138. The first kappa shape index (κ1) is 19.5. The Kier molecular flexibility index (Phi) is 7.69. The molecule has 2 rings (SSSR count). The molecule has 0 aromatic heterocycles. The average molecular weight is 349 g/mol. The Labute approximate surface area is 156 Å². The fourth-order valence-corrected chi connectivity index (χ4v) is 2.84. The fraction of sp³-hybridized carbons (Fsp3) is 0.261. The average Bonchev–Trinajstić information content (AvgIpc) is 2.64. The maximum Gasteiger partial charge on any atom is 0.340 e. The molecular formula is C23H27NO2. The smallest absolute Gasteiger partial charge is 0.340 e. The summed E-state index contributed by atoms with van der Waals surface area (Å²) in [6.07, 6.45) is 2.64. The van der Waals surface area contributed by atoms with Gasteiger partial charge in [-0.3, -0.25) is 0 Å². The normalized spacial score (nSPS) is 11.5. The van der Waals surface area contributed by atoms with E-state index in [-0.39, 0.29) is 5.97 Å². The van der Waals surface area contributed by atoms with Crippen molar-refractivity contribution in [3.63, 3.8) is 0 Å². The van der Waals surface area contributed by atoms with Crippen molar-refractivity contribution < 1.29 is 9.53 Å². The first-order valence-electron chi connectivity index (χ1n) is 9.04. The molecule has 3 heteroatoms. The topological polar surface area (TPSA) is 38.3 Å². The van der Waals surface area contributed by atoms with Crippen molar-refractivity contribution in [2.24, 2.45) is 0 Å². The van der Waals surface area contributed by atoms with Crippen LogP contribution in [0.2, 0.25) is 0 Å². The summed E-state index contributed by atoms with van der Waals surface area (Å²) >= 11 is 0. The molecule has 0 radical (unpaired) electrons. The predicted molar refractivity (Wildman–Crippen MR) is 108 cm³/mol. The van der Waals surface area contributed by atoms with Gasteiger partial charge in [-0.1, -0.05) is 55.1 Å². The number of hydrogen-bond acceptors (Lipinski definition) is 3. The van der Waals surface area contributed by atoms with Gasteiger partial charge >= 0.3 is 5.97 Å². The molecule has 0 heterocycles. The van der Waals surface area contributed by atoms with Crippen LogP contribution < -0.4 is 5.32 Å². The van der Waals surface area contributed by atoms with Crippen molar-refractivity contribution in [1.29, 1.82) is 0 Å². The summed E-state index contributed by atoms with van der Waals surface area (Å²) in [5.41, 5.74) is 4.34. The number of aryl methyl sites for hydroxylation is 1. The van der Waals surface area contributed by atoms with E-state index in [9.17, 15) is 4.79 Å². The fourth-order valence-electron chi connectivity index (χ4n) is 2.84. The van der Waals surface area contributed by atoms with Gasteiger partial charge in [0.1, 0.15) is 0 Å². The van der Waals surface area contributed by atoms with E-state index in [1.165, 1.54) is 5.56 Å². The molecule has 0 spiro atoms. The lowest BCUT2D eigenvalue weighted by Gasteiger charge is -2.15. The SMILES string of the molecule is C=C(CCCc1ccccc1)/C(C(=O)OCC)=C(\C)Nc1ccccc1. The molecule has 0 aliphatic carbocycles. The van der Waals surface area contributed by atoms with Crippen molar-refractivity contribution in [1.82, 2.24) is 0 Å². The zero-order valence-corrected chi connectivity index (χ0v) is 15.6. The highest BCUT2D eigenvalue weighted by molar-refractivity contribution is 5.94. The van der Waals surface area contributed by atoms with Gasteiger partial charge in [-0.15, -0.1) is 0 Å². The monoisotopic (exact) mass is 349 g/mol. The highest BCUT2D eigenvalue weighted by atomic mass is 16.5. The first-order valence-corrected chi connectivity index (χ1v) is 9.04. The minimum absolute atomic E-state index is 0.321. The minimum atomic E-state index is -0.321. The Bertz CT molecular complexity index is 748. The van der Waals surface area contributed by atoms with Crippen molar-refractivity contribution in [2.75, 3.05) is 11.9 Å².